The molecule has 0 unspecified atom stereocenters. The quantitative estimate of drug-likeness (QED) is 0.0510. The van der Waals surface area contributed by atoms with Gasteiger partial charge < -0.3 is 28.2 Å². The van der Waals surface area contributed by atoms with Gasteiger partial charge in [-0.3, -0.25) is 4.79 Å². The number of carbonyl (C=O) groups is 1. The monoisotopic (exact) mass is 922 g/mol. The van der Waals surface area contributed by atoms with Crippen LogP contribution in [-0.4, -0.2) is 97.8 Å². The second-order valence-corrected chi connectivity index (χ2v) is 20.1. The van der Waals surface area contributed by atoms with Crippen molar-refractivity contribution >= 4 is 63.5 Å². The van der Waals surface area contributed by atoms with Crippen LogP contribution >= 0.6 is 0 Å². The summed E-state index contributed by atoms with van der Waals surface area (Å²) in [4.78, 5) is 11.8. The van der Waals surface area contributed by atoms with Crippen LogP contribution in [0.2, 0.25) is 0 Å². The summed E-state index contributed by atoms with van der Waals surface area (Å²) in [7, 11) is -19.0. The zero-order valence-electron chi connectivity index (χ0n) is 33.9. The van der Waals surface area contributed by atoms with Crippen LogP contribution in [0.4, 0.5) is 11.4 Å². The average molecular weight is 923 g/mol. The summed E-state index contributed by atoms with van der Waals surface area (Å²) in [5, 5.41) is 9.14. The van der Waals surface area contributed by atoms with E-state index in [1.807, 2.05) is 0 Å². The molecule has 2 heterocycles. The minimum atomic E-state index is -4.83. The molecule has 16 nitrogen and oxygen atoms in total. The van der Waals surface area contributed by atoms with E-state index < -0.39 is 78.6 Å². The molecule has 0 radical (unpaired) electrons. The first-order valence-electron chi connectivity index (χ1n) is 17.1. The fraction of sp³-hybridized carbons (Fsp3) is 0.389. The van der Waals surface area contributed by atoms with Crippen LogP contribution in [-0.2, 0) is 56.1 Å². The van der Waals surface area contributed by atoms with Gasteiger partial charge in [0.05, 0.1) is 36.8 Å². The standard InChI is InChI=1S/C36H44N2O14S4.3Na/c1-35(2)28-23-26(55(47,48)49)15-17-30(28)37(19-21-53(41,42)43)32(35)12-7-10-25(9-5-6-14-34(39)40)11-8-13-33-36(3,4)29-24-27(56(50,51)52)16-18-31(29)38(33)20-22-54(44,45)46;;;/h7-8,10-13,15-18,23-24H,5-6,9,14,19-22H2,1-4H3,(H4-,39,40,41,42,43,44,45,46,47,48,49,50,51,52);;;/q;3*+1/p-3. The first kappa shape index (κ1) is 56.0. The molecule has 2 aliphatic heterocycles. The molecule has 4 rings (SSSR count). The molecule has 0 amide bonds. The van der Waals surface area contributed by atoms with E-state index in [2.05, 4.69) is 0 Å². The summed E-state index contributed by atoms with van der Waals surface area (Å²) < 4.78 is 142. The van der Waals surface area contributed by atoms with Crippen LogP contribution in [0.1, 0.15) is 64.5 Å². The Morgan fingerprint density at radius 3 is 1.83 bits per heavy atom. The predicted molar refractivity (Wildman–Crippen MR) is 202 cm³/mol. The van der Waals surface area contributed by atoms with Crippen molar-refractivity contribution in [1.82, 2.24) is 0 Å². The van der Waals surface area contributed by atoms with E-state index in [0.717, 1.165) is 12.1 Å². The van der Waals surface area contributed by atoms with Crippen molar-refractivity contribution in [2.75, 3.05) is 29.5 Å². The Morgan fingerprint density at radius 2 is 1.29 bits per heavy atom. The van der Waals surface area contributed by atoms with E-state index in [9.17, 15) is 56.7 Å². The van der Waals surface area contributed by atoms with Crippen LogP contribution in [0, 0.1) is 0 Å². The minimum absolute atomic E-state index is 0. The number of rotatable bonds is 17. The summed E-state index contributed by atoms with van der Waals surface area (Å²) in [5.74, 6) is -2.51. The SMILES string of the molecule is CC1(C)C(/C=C/C=C(/C=C/C=C2/N(CCS(=O)(=O)[O-])c3ccc(S(=O)(=O)[O-])cc3C2(C)C)CCCCC(=O)O)=[N+](CCS(=O)(=O)[O-])c2ccc(S(=O)(=O)[O-])cc21.[Na+].[Na+].[Na+]. The van der Waals surface area contributed by atoms with Crippen molar-refractivity contribution < 1.29 is 155 Å². The maximum absolute atomic E-state index is 11.8. The molecule has 0 saturated carbocycles. The Hall–Kier alpha value is -1.02. The van der Waals surface area contributed by atoms with Crippen LogP contribution < -0.4 is 93.6 Å². The summed E-state index contributed by atoms with van der Waals surface area (Å²) in [5.41, 5.74) is 1.35. The second-order valence-electron chi connectivity index (χ2n) is 14.3. The first-order valence-corrected chi connectivity index (χ1v) is 23.1. The van der Waals surface area contributed by atoms with E-state index in [1.165, 1.54) is 24.3 Å². The molecule has 0 atom stereocenters. The molecule has 0 aromatic heterocycles. The molecule has 0 saturated heterocycles. The molecule has 0 spiro atoms. The minimum Gasteiger partial charge on any atom is -0.748 e. The van der Waals surface area contributed by atoms with Crippen molar-refractivity contribution in [3.63, 3.8) is 0 Å². The van der Waals surface area contributed by atoms with Gasteiger partial charge in [0.15, 0.2) is 12.3 Å². The van der Waals surface area contributed by atoms with E-state index >= 15 is 0 Å². The Bertz CT molecular complexity index is 2530. The Balaban J connectivity index is 0.00000580. The van der Waals surface area contributed by atoms with Crippen molar-refractivity contribution in [2.45, 2.75) is 74.0 Å². The largest absolute Gasteiger partial charge is 1.00 e. The molecule has 0 aliphatic carbocycles. The summed E-state index contributed by atoms with van der Waals surface area (Å²) in [6.45, 7) is 6.41. The normalized spacial score (nSPS) is 17.1. The van der Waals surface area contributed by atoms with Crippen molar-refractivity contribution in [2.24, 2.45) is 0 Å². The number of fused-ring (bicyclic) bond motifs is 2. The Kier molecular flexibility index (Phi) is 20.5. The molecule has 23 heteroatoms. The number of hydrogen-bond donors (Lipinski definition) is 1. The molecule has 1 N–H and O–H groups in total. The average Bonchev–Trinajstić information content (AvgIpc) is 3.40. The smallest absolute Gasteiger partial charge is 0.748 e. The summed E-state index contributed by atoms with van der Waals surface area (Å²) >= 11 is 0. The van der Waals surface area contributed by atoms with Gasteiger partial charge in [-0.25, -0.2) is 33.7 Å². The molecule has 0 fully saturated rings. The third kappa shape index (κ3) is 14.8. The van der Waals surface area contributed by atoms with Gasteiger partial charge in [-0.2, -0.15) is 4.58 Å². The molecular weight excluding hydrogens is 882 g/mol. The number of hydrogen-bond acceptors (Lipinski definition) is 14. The fourth-order valence-electron chi connectivity index (χ4n) is 6.86. The maximum Gasteiger partial charge on any atom is 1.00 e. The Morgan fingerprint density at radius 1 is 0.746 bits per heavy atom. The number of carboxylic acid groups (broad SMARTS) is 1. The summed E-state index contributed by atoms with van der Waals surface area (Å²) in [6.07, 6.45) is 11.1. The third-order valence-electron chi connectivity index (χ3n) is 9.67. The zero-order valence-corrected chi connectivity index (χ0v) is 43.1. The molecule has 2 aromatic rings. The fourth-order valence-corrected chi connectivity index (χ4v) is 8.67. The van der Waals surface area contributed by atoms with E-state index in [-0.39, 0.29) is 108 Å². The Labute approximate surface area is 412 Å². The van der Waals surface area contributed by atoms with Gasteiger partial charge in [-0.05, 0) is 80.7 Å². The van der Waals surface area contributed by atoms with Crippen molar-refractivity contribution in [3.8, 4) is 0 Å². The van der Waals surface area contributed by atoms with Crippen LogP contribution in [0.5, 0.6) is 0 Å². The molecule has 59 heavy (non-hydrogen) atoms. The summed E-state index contributed by atoms with van der Waals surface area (Å²) in [6, 6.07) is 7.39. The molecule has 2 aromatic carbocycles. The molecule has 306 valence electrons. The first-order chi connectivity index (χ1) is 25.6. The van der Waals surface area contributed by atoms with Crippen LogP contribution in [0.15, 0.2) is 93.9 Å². The van der Waals surface area contributed by atoms with Gasteiger partial charge in [-0.1, -0.05) is 38.2 Å². The van der Waals surface area contributed by atoms with Crippen LogP contribution in [0.3, 0.4) is 0 Å². The third-order valence-corrected chi connectivity index (χ3v) is 12.7. The number of unbranched alkanes of at least 4 members (excludes halogenated alkanes) is 1. The van der Waals surface area contributed by atoms with Gasteiger partial charge in [0.25, 0.3) is 0 Å². The van der Waals surface area contributed by atoms with E-state index in [0.29, 0.717) is 58.7 Å². The van der Waals surface area contributed by atoms with Crippen molar-refractivity contribution in [3.05, 3.63) is 95.3 Å². The number of aliphatic carboxylic acids is 1. The number of allylic oxidation sites excluding steroid dienone is 8. The van der Waals surface area contributed by atoms with Gasteiger partial charge in [0.2, 0.25) is 5.69 Å². The topological polar surface area (TPSA) is 272 Å². The molecule has 0 bridgehead atoms. The van der Waals surface area contributed by atoms with E-state index in [4.69, 9.17) is 5.11 Å². The van der Waals surface area contributed by atoms with E-state index in [1.54, 1.807) is 73.6 Å². The number of anilines is 1. The van der Waals surface area contributed by atoms with Crippen molar-refractivity contribution in [1.29, 1.82) is 0 Å². The number of benzene rings is 2. The zero-order chi connectivity index (χ0) is 42.1. The molecular formula is C36H41N2Na3O14S4. The van der Waals surface area contributed by atoms with Crippen LogP contribution in [0.25, 0.3) is 0 Å². The maximum atomic E-state index is 11.8. The predicted octanol–water partition coefficient (Wildman–Crippen LogP) is -5.66. The number of carboxylic acids is 1. The van der Waals surface area contributed by atoms with Gasteiger partial charge >= 0.3 is 94.6 Å². The van der Waals surface area contributed by atoms with Gasteiger partial charge in [0, 0.05) is 47.5 Å². The second kappa shape index (κ2) is 21.6. The molecule has 2 aliphatic rings. The van der Waals surface area contributed by atoms with Gasteiger partial charge in [-0.15, -0.1) is 0 Å². The number of nitrogens with zero attached hydrogens (tertiary/aromatic N) is 2. The van der Waals surface area contributed by atoms with Gasteiger partial charge in [0.1, 0.15) is 30.4 Å².